The first-order chi connectivity index (χ1) is 10.6. The molecule has 2 aromatic rings. The van der Waals surface area contributed by atoms with Crippen LogP contribution in [0, 0.1) is 12.7 Å². The topological polar surface area (TPSA) is 55.0 Å². The van der Waals surface area contributed by atoms with Gasteiger partial charge in [0.25, 0.3) is 0 Å². The molecule has 0 saturated carbocycles. The lowest BCUT2D eigenvalue weighted by molar-refractivity contribution is 0.590. The van der Waals surface area contributed by atoms with Gasteiger partial charge in [-0.3, -0.25) is 0 Å². The summed E-state index contributed by atoms with van der Waals surface area (Å²) in [5, 5.41) is 0. The maximum absolute atomic E-state index is 13.2. The molecule has 1 aromatic carbocycles. The van der Waals surface area contributed by atoms with E-state index in [0.717, 1.165) is 42.9 Å². The highest BCUT2D eigenvalue weighted by molar-refractivity contribution is 5.46. The van der Waals surface area contributed by atoms with Crippen LogP contribution in [0.4, 0.5) is 16.2 Å². The quantitative estimate of drug-likeness (QED) is 0.920. The predicted octanol–water partition coefficient (Wildman–Crippen LogP) is 3.63. The Morgan fingerprint density at radius 3 is 2.64 bits per heavy atom. The van der Waals surface area contributed by atoms with Crippen molar-refractivity contribution in [2.45, 2.75) is 38.6 Å². The third kappa shape index (κ3) is 3.18. The normalized spacial score (nSPS) is 19.0. The molecule has 2 heterocycles. The zero-order valence-corrected chi connectivity index (χ0v) is 12.8. The Bertz CT molecular complexity index is 621. The van der Waals surface area contributed by atoms with E-state index < -0.39 is 0 Å². The number of benzene rings is 1. The van der Waals surface area contributed by atoms with E-state index in [1.54, 1.807) is 0 Å². The van der Waals surface area contributed by atoms with Gasteiger partial charge >= 0.3 is 0 Å². The van der Waals surface area contributed by atoms with E-state index in [9.17, 15) is 4.39 Å². The smallest absolute Gasteiger partial charge is 0.222 e. The summed E-state index contributed by atoms with van der Waals surface area (Å²) < 4.78 is 13.2. The summed E-state index contributed by atoms with van der Waals surface area (Å²) in [5.41, 5.74) is 7.80. The molecular formula is C17H21FN4. The summed E-state index contributed by atoms with van der Waals surface area (Å²) in [7, 11) is 0. The van der Waals surface area contributed by atoms with Crippen LogP contribution < -0.4 is 10.6 Å². The van der Waals surface area contributed by atoms with Gasteiger partial charge in [0.1, 0.15) is 11.6 Å². The van der Waals surface area contributed by atoms with E-state index in [1.165, 1.54) is 18.6 Å². The Balaban J connectivity index is 1.98. The Labute approximate surface area is 130 Å². The average molecular weight is 300 g/mol. The fourth-order valence-electron chi connectivity index (χ4n) is 3.14. The minimum atomic E-state index is -0.203. The molecule has 0 spiro atoms. The number of nitrogen functional groups attached to an aromatic ring is 1. The maximum Gasteiger partial charge on any atom is 0.222 e. The molecule has 22 heavy (non-hydrogen) atoms. The van der Waals surface area contributed by atoms with Crippen molar-refractivity contribution in [1.82, 2.24) is 9.97 Å². The Morgan fingerprint density at radius 2 is 1.91 bits per heavy atom. The molecule has 1 saturated heterocycles. The van der Waals surface area contributed by atoms with Crippen LogP contribution in [0.2, 0.25) is 0 Å². The fraction of sp³-hybridized carbons (Fsp3) is 0.412. The van der Waals surface area contributed by atoms with Crippen LogP contribution in [-0.4, -0.2) is 16.5 Å². The van der Waals surface area contributed by atoms with Crippen LogP contribution in [0.1, 0.15) is 43.0 Å². The van der Waals surface area contributed by atoms with Crippen LogP contribution in [0.5, 0.6) is 0 Å². The standard InChI is InChI=1S/C17H21FN4/c1-12-11-16(21-17(19)20-12)22-10-4-2-3-5-15(22)13-6-8-14(18)9-7-13/h6-9,11,15H,2-5,10H2,1H3,(H2,19,20,21). The van der Waals surface area contributed by atoms with Crippen LogP contribution >= 0.6 is 0 Å². The van der Waals surface area contributed by atoms with E-state index in [2.05, 4.69) is 14.9 Å². The first kappa shape index (κ1) is 14.8. The van der Waals surface area contributed by atoms with Crippen LogP contribution in [-0.2, 0) is 0 Å². The molecule has 0 radical (unpaired) electrons. The number of aryl methyl sites for hydroxylation is 1. The Hall–Kier alpha value is -2.17. The van der Waals surface area contributed by atoms with Crippen LogP contribution in [0.15, 0.2) is 30.3 Å². The van der Waals surface area contributed by atoms with E-state index >= 15 is 0 Å². The Morgan fingerprint density at radius 1 is 1.14 bits per heavy atom. The summed E-state index contributed by atoms with van der Waals surface area (Å²) in [5.74, 6) is 0.962. The molecule has 116 valence electrons. The van der Waals surface area contributed by atoms with Crippen molar-refractivity contribution in [2.75, 3.05) is 17.2 Å². The summed E-state index contributed by atoms with van der Waals surface area (Å²) in [4.78, 5) is 10.8. The number of hydrogen-bond acceptors (Lipinski definition) is 4. The number of anilines is 2. The van der Waals surface area contributed by atoms with E-state index in [-0.39, 0.29) is 11.9 Å². The zero-order valence-electron chi connectivity index (χ0n) is 12.8. The molecule has 1 aliphatic heterocycles. The Kier molecular flexibility index (Phi) is 4.22. The highest BCUT2D eigenvalue weighted by Crippen LogP contribution is 2.33. The van der Waals surface area contributed by atoms with Gasteiger partial charge in [0.15, 0.2) is 0 Å². The molecule has 2 N–H and O–H groups in total. The molecule has 0 amide bonds. The minimum absolute atomic E-state index is 0.203. The molecule has 0 aliphatic carbocycles. The van der Waals surface area contributed by atoms with Gasteiger partial charge in [-0.2, -0.15) is 4.98 Å². The lowest BCUT2D eigenvalue weighted by Crippen LogP contribution is -2.29. The number of rotatable bonds is 2. The van der Waals surface area contributed by atoms with Crippen molar-refractivity contribution in [1.29, 1.82) is 0 Å². The average Bonchev–Trinajstić information content (AvgIpc) is 2.73. The van der Waals surface area contributed by atoms with Crippen molar-refractivity contribution in [2.24, 2.45) is 0 Å². The van der Waals surface area contributed by atoms with Gasteiger partial charge in [-0.1, -0.05) is 25.0 Å². The SMILES string of the molecule is Cc1cc(N2CCCCCC2c2ccc(F)cc2)nc(N)n1. The van der Waals surface area contributed by atoms with Gasteiger partial charge in [-0.05, 0) is 37.5 Å². The molecule has 3 rings (SSSR count). The highest BCUT2D eigenvalue weighted by atomic mass is 19.1. The number of hydrogen-bond donors (Lipinski definition) is 1. The van der Waals surface area contributed by atoms with E-state index in [4.69, 9.17) is 5.73 Å². The number of halogens is 1. The second-order valence-corrected chi connectivity index (χ2v) is 5.84. The summed E-state index contributed by atoms with van der Waals surface area (Å²) in [6.45, 7) is 2.85. The van der Waals surface area contributed by atoms with E-state index in [1.807, 2.05) is 25.1 Å². The maximum atomic E-state index is 13.2. The van der Waals surface area contributed by atoms with Gasteiger partial charge in [0.2, 0.25) is 5.95 Å². The van der Waals surface area contributed by atoms with Crippen molar-refractivity contribution in [3.63, 3.8) is 0 Å². The lowest BCUT2D eigenvalue weighted by Gasteiger charge is -2.31. The summed E-state index contributed by atoms with van der Waals surface area (Å²) >= 11 is 0. The van der Waals surface area contributed by atoms with Crippen molar-refractivity contribution < 1.29 is 4.39 Å². The van der Waals surface area contributed by atoms with Gasteiger partial charge in [0.05, 0.1) is 6.04 Å². The molecule has 1 aliphatic rings. The summed E-state index contributed by atoms with van der Waals surface area (Å²) in [6.07, 6.45) is 4.53. The minimum Gasteiger partial charge on any atom is -0.368 e. The van der Waals surface area contributed by atoms with Crippen LogP contribution in [0.3, 0.4) is 0 Å². The molecular weight excluding hydrogens is 279 g/mol. The molecule has 5 heteroatoms. The zero-order chi connectivity index (χ0) is 15.5. The first-order valence-electron chi connectivity index (χ1n) is 7.77. The number of nitrogens with two attached hydrogens (primary N) is 1. The largest absolute Gasteiger partial charge is 0.368 e. The lowest BCUT2D eigenvalue weighted by atomic mass is 10.0. The summed E-state index contributed by atoms with van der Waals surface area (Å²) in [6, 6.07) is 8.97. The van der Waals surface area contributed by atoms with Gasteiger partial charge in [-0.25, -0.2) is 9.37 Å². The third-order valence-corrected chi connectivity index (χ3v) is 4.16. The molecule has 0 bridgehead atoms. The van der Waals surface area contributed by atoms with Gasteiger partial charge in [-0.15, -0.1) is 0 Å². The third-order valence-electron chi connectivity index (χ3n) is 4.16. The second-order valence-electron chi connectivity index (χ2n) is 5.84. The van der Waals surface area contributed by atoms with E-state index in [0.29, 0.717) is 5.95 Å². The van der Waals surface area contributed by atoms with Crippen molar-refractivity contribution in [3.05, 3.63) is 47.4 Å². The number of nitrogens with zero attached hydrogens (tertiary/aromatic N) is 3. The molecule has 4 nitrogen and oxygen atoms in total. The monoisotopic (exact) mass is 300 g/mol. The number of aromatic nitrogens is 2. The van der Waals surface area contributed by atoms with Crippen molar-refractivity contribution in [3.8, 4) is 0 Å². The van der Waals surface area contributed by atoms with Crippen molar-refractivity contribution >= 4 is 11.8 Å². The molecule has 1 unspecified atom stereocenters. The predicted molar refractivity (Wildman–Crippen MR) is 86.1 cm³/mol. The fourth-order valence-corrected chi connectivity index (χ4v) is 3.14. The van der Waals surface area contributed by atoms with Gasteiger partial charge < -0.3 is 10.6 Å². The molecule has 1 fully saturated rings. The molecule has 1 atom stereocenters. The first-order valence-corrected chi connectivity index (χ1v) is 7.77. The highest BCUT2D eigenvalue weighted by Gasteiger charge is 2.24. The van der Waals surface area contributed by atoms with Gasteiger partial charge in [0, 0.05) is 18.3 Å². The second kappa shape index (κ2) is 6.30. The molecule has 1 aromatic heterocycles. The van der Waals surface area contributed by atoms with Crippen LogP contribution in [0.25, 0.3) is 0 Å².